The summed E-state index contributed by atoms with van der Waals surface area (Å²) in [4.78, 5) is 24.0. The lowest BCUT2D eigenvalue weighted by Crippen LogP contribution is -2.28. The Balaban J connectivity index is 2.64. The standard InChI is InChI=1S/C11H7BrCl2FNO3/c12-8-6(14)2-5(11(18)19)10(9(8)15)16-3-4(13)1-7(16)17/h2,4H,1,3H2,(H,18,19). The molecule has 0 saturated carbocycles. The van der Waals surface area contributed by atoms with Crippen molar-refractivity contribution < 1.29 is 19.1 Å². The van der Waals surface area contributed by atoms with Gasteiger partial charge in [0.25, 0.3) is 0 Å². The molecule has 0 aliphatic carbocycles. The average molecular weight is 371 g/mol. The first-order chi connectivity index (χ1) is 8.82. The van der Waals surface area contributed by atoms with Gasteiger partial charge >= 0.3 is 5.97 Å². The van der Waals surface area contributed by atoms with Gasteiger partial charge in [-0.25, -0.2) is 9.18 Å². The Bertz CT molecular complexity index is 582. The molecule has 1 aliphatic heterocycles. The van der Waals surface area contributed by atoms with Crippen molar-refractivity contribution in [1.82, 2.24) is 0 Å². The van der Waals surface area contributed by atoms with E-state index in [1.807, 2.05) is 0 Å². The summed E-state index contributed by atoms with van der Waals surface area (Å²) < 4.78 is 14.1. The quantitative estimate of drug-likeness (QED) is 0.642. The van der Waals surface area contributed by atoms with Crippen LogP contribution in [0.25, 0.3) is 0 Å². The minimum atomic E-state index is -1.37. The van der Waals surface area contributed by atoms with Gasteiger partial charge in [0.15, 0.2) is 5.82 Å². The zero-order valence-electron chi connectivity index (χ0n) is 9.29. The molecule has 1 saturated heterocycles. The zero-order valence-corrected chi connectivity index (χ0v) is 12.4. The van der Waals surface area contributed by atoms with Gasteiger partial charge in [-0.05, 0) is 22.0 Å². The van der Waals surface area contributed by atoms with Crippen molar-refractivity contribution in [2.24, 2.45) is 0 Å². The Morgan fingerprint density at radius 2 is 2.21 bits per heavy atom. The van der Waals surface area contributed by atoms with Gasteiger partial charge in [-0.15, -0.1) is 11.6 Å². The normalized spacial score (nSPS) is 19.1. The lowest BCUT2D eigenvalue weighted by atomic mass is 10.1. The van der Waals surface area contributed by atoms with Crippen molar-refractivity contribution in [3.8, 4) is 0 Å². The highest BCUT2D eigenvalue weighted by atomic mass is 79.9. The Hall–Kier alpha value is -0.850. The van der Waals surface area contributed by atoms with Crippen LogP contribution in [0.1, 0.15) is 16.8 Å². The van der Waals surface area contributed by atoms with Crippen LogP contribution in [0.4, 0.5) is 10.1 Å². The maximum Gasteiger partial charge on any atom is 0.337 e. The average Bonchev–Trinajstić information content (AvgIpc) is 2.64. The third kappa shape index (κ3) is 2.57. The third-order valence-electron chi connectivity index (χ3n) is 2.71. The number of alkyl halides is 1. The molecule has 102 valence electrons. The van der Waals surface area contributed by atoms with Gasteiger partial charge in [0.2, 0.25) is 5.91 Å². The van der Waals surface area contributed by atoms with E-state index in [0.717, 1.165) is 11.0 Å². The first kappa shape index (κ1) is 14.6. The summed E-state index contributed by atoms with van der Waals surface area (Å²) in [5.74, 6) is -2.67. The maximum atomic E-state index is 14.2. The summed E-state index contributed by atoms with van der Waals surface area (Å²) in [6.45, 7) is 0.0612. The van der Waals surface area contributed by atoms with Crippen LogP contribution in [0.2, 0.25) is 5.02 Å². The molecule has 1 unspecified atom stereocenters. The first-order valence-corrected chi connectivity index (χ1v) is 6.79. The van der Waals surface area contributed by atoms with Crippen LogP contribution in [0.15, 0.2) is 10.5 Å². The zero-order chi connectivity index (χ0) is 14.3. The van der Waals surface area contributed by atoms with E-state index in [0.29, 0.717) is 0 Å². The second-order valence-corrected chi connectivity index (χ2v) is 5.81. The molecule has 1 amide bonds. The van der Waals surface area contributed by atoms with Crippen molar-refractivity contribution >= 4 is 56.7 Å². The van der Waals surface area contributed by atoms with E-state index in [2.05, 4.69) is 15.9 Å². The number of hydrogen-bond donors (Lipinski definition) is 1. The van der Waals surface area contributed by atoms with Gasteiger partial charge in [-0.2, -0.15) is 0 Å². The molecule has 1 N–H and O–H groups in total. The van der Waals surface area contributed by atoms with E-state index in [-0.39, 0.29) is 33.7 Å². The maximum absolute atomic E-state index is 14.2. The van der Waals surface area contributed by atoms with Crippen LogP contribution in [0.5, 0.6) is 0 Å². The molecule has 1 atom stereocenters. The lowest BCUT2D eigenvalue weighted by Gasteiger charge is -2.20. The van der Waals surface area contributed by atoms with Crippen LogP contribution in [0, 0.1) is 5.82 Å². The summed E-state index contributed by atoms with van der Waals surface area (Å²) in [7, 11) is 0. The Kier molecular flexibility index (Phi) is 4.03. The number of carbonyl (C=O) groups is 2. The highest BCUT2D eigenvalue weighted by Crippen LogP contribution is 2.38. The third-order valence-corrected chi connectivity index (χ3v) is 4.31. The summed E-state index contributed by atoms with van der Waals surface area (Å²) >= 11 is 14.5. The number of anilines is 1. The molecular weight excluding hydrogens is 364 g/mol. The smallest absolute Gasteiger partial charge is 0.337 e. The fourth-order valence-corrected chi connectivity index (χ4v) is 2.66. The number of amides is 1. The van der Waals surface area contributed by atoms with Gasteiger partial charge in [-0.3, -0.25) is 4.79 Å². The predicted molar refractivity (Wildman–Crippen MR) is 72.7 cm³/mol. The van der Waals surface area contributed by atoms with Gasteiger partial charge in [0, 0.05) is 13.0 Å². The number of nitrogens with zero attached hydrogens (tertiary/aromatic N) is 1. The largest absolute Gasteiger partial charge is 0.478 e. The van der Waals surface area contributed by atoms with Crippen molar-refractivity contribution in [1.29, 1.82) is 0 Å². The molecule has 0 aromatic heterocycles. The van der Waals surface area contributed by atoms with E-state index in [1.165, 1.54) is 0 Å². The molecule has 1 heterocycles. The fourth-order valence-electron chi connectivity index (χ4n) is 1.89. The van der Waals surface area contributed by atoms with Crippen LogP contribution >= 0.6 is 39.1 Å². The molecule has 1 aromatic rings. The molecule has 0 spiro atoms. The molecule has 1 fully saturated rings. The van der Waals surface area contributed by atoms with Crippen LogP contribution in [-0.2, 0) is 4.79 Å². The summed E-state index contributed by atoms with van der Waals surface area (Å²) in [5.41, 5.74) is -0.679. The molecule has 19 heavy (non-hydrogen) atoms. The first-order valence-electron chi connectivity index (χ1n) is 5.18. The molecular formula is C11H7BrCl2FNO3. The van der Waals surface area contributed by atoms with E-state index >= 15 is 0 Å². The Morgan fingerprint density at radius 3 is 2.68 bits per heavy atom. The Labute approximate surface area is 126 Å². The van der Waals surface area contributed by atoms with Gasteiger partial charge in [0.1, 0.15) is 0 Å². The number of benzene rings is 1. The van der Waals surface area contributed by atoms with Crippen molar-refractivity contribution in [2.45, 2.75) is 11.8 Å². The molecule has 2 rings (SSSR count). The van der Waals surface area contributed by atoms with Crippen molar-refractivity contribution in [3.05, 3.63) is 26.9 Å². The van der Waals surface area contributed by atoms with E-state index in [9.17, 15) is 14.0 Å². The van der Waals surface area contributed by atoms with Crippen LogP contribution < -0.4 is 4.90 Å². The van der Waals surface area contributed by atoms with E-state index in [1.54, 1.807) is 0 Å². The monoisotopic (exact) mass is 369 g/mol. The second-order valence-electron chi connectivity index (χ2n) is 3.99. The number of aromatic carboxylic acids is 1. The molecule has 4 nitrogen and oxygen atoms in total. The van der Waals surface area contributed by atoms with Crippen molar-refractivity contribution in [3.63, 3.8) is 0 Å². The summed E-state index contributed by atoms with van der Waals surface area (Å²) in [6.07, 6.45) is 0.0420. The summed E-state index contributed by atoms with van der Waals surface area (Å²) in [5, 5.41) is 8.56. The van der Waals surface area contributed by atoms with Gasteiger partial charge in [0.05, 0.1) is 26.1 Å². The molecule has 0 radical (unpaired) electrons. The van der Waals surface area contributed by atoms with Gasteiger partial charge < -0.3 is 10.0 Å². The topological polar surface area (TPSA) is 57.6 Å². The van der Waals surface area contributed by atoms with E-state index in [4.69, 9.17) is 28.3 Å². The molecule has 0 bridgehead atoms. The number of hydrogen-bond acceptors (Lipinski definition) is 2. The number of rotatable bonds is 2. The fraction of sp³-hybridized carbons (Fsp3) is 0.273. The summed E-state index contributed by atoms with van der Waals surface area (Å²) in [6, 6.07) is 1.10. The molecule has 1 aliphatic rings. The highest BCUT2D eigenvalue weighted by Gasteiger charge is 2.35. The molecule has 1 aromatic carbocycles. The minimum absolute atomic E-state index is 0.0420. The second kappa shape index (κ2) is 5.26. The predicted octanol–water partition coefficient (Wildman–Crippen LogP) is 3.28. The molecule has 8 heteroatoms. The number of halogens is 4. The highest BCUT2D eigenvalue weighted by molar-refractivity contribution is 9.10. The SMILES string of the molecule is O=C(O)c1cc(Cl)c(Br)c(F)c1N1CC(Cl)CC1=O. The number of carbonyl (C=O) groups excluding carboxylic acids is 1. The van der Waals surface area contributed by atoms with Crippen LogP contribution in [-0.4, -0.2) is 28.9 Å². The Morgan fingerprint density at radius 1 is 1.58 bits per heavy atom. The van der Waals surface area contributed by atoms with Crippen molar-refractivity contribution in [2.75, 3.05) is 11.4 Å². The van der Waals surface area contributed by atoms with Gasteiger partial charge in [-0.1, -0.05) is 11.6 Å². The minimum Gasteiger partial charge on any atom is -0.478 e. The van der Waals surface area contributed by atoms with Crippen LogP contribution in [0.3, 0.4) is 0 Å². The number of carboxylic acid groups (broad SMARTS) is 1. The lowest BCUT2D eigenvalue weighted by molar-refractivity contribution is -0.117. The number of carboxylic acids is 1. The van der Waals surface area contributed by atoms with E-state index < -0.39 is 23.1 Å².